The van der Waals surface area contributed by atoms with Gasteiger partial charge in [-0.2, -0.15) is 0 Å². The number of thioether (sulfide) groups is 1. The lowest BCUT2D eigenvalue weighted by molar-refractivity contribution is -0.122. The van der Waals surface area contributed by atoms with Gasteiger partial charge >= 0.3 is 0 Å². The van der Waals surface area contributed by atoms with Gasteiger partial charge in [-0.1, -0.05) is 78.5 Å². The zero-order valence-electron chi connectivity index (χ0n) is 21.2. The number of ether oxygens (including phenoxy) is 1. The molecule has 0 unspecified atom stereocenters. The summed E-state index contributed by atoms with van der Waals surface area (Å²) in [5.74, 6) is 0.738. The van der Waals surface area contributed by atoms with Gasteiger partial charge in [0, 0.05) is 18.5 Å². The molecule has 0 bridgehead atoms. The van der Waals surface area contributed by atoms with Crippen LogP contribution in [0.4, 0.5) is 5.13 Å². The zero-order valence-corrected chi connectivity index (χ0v) is 23.6. The largest absolute Gasteiger partial charge is 0.490 e. The van der Waals surface area contributed by atoms with E-state index in [1.165, 1.54) is 42.4 Å². The number of thiazole rings is 1. The van der Waals surface area contributed by atoms with Gasteiger partial charge in [0.05, 0.1) is 21.2 Å². The molecule has 5 rings (SSSR count). The molecular weight excluding hydrogens is 535 g/mol. The van der Waals surface area contributed by atoms with Gasteiger partial charge in [-0.15, -0.1) is 0 Å². The number of fused-ring (bicyclic) bond motifs is 1. The number of thiocarbonyl (C=S) groups is 1. The number of para-hydroxylation sites is 2. The molecule has 3 aromatic rings. The third-order valence-electron chi connectivity index (χ3n) is 6.75. The van der Waals surface area contributed by atoms with E-state index in [1.54, 1.807) is 4.90 Å². The first-order chi connectivity index (χ1) is 18.6. The molecule has 9 heteroatoms. The Morgan fingerprint density at radius 1 is 1.08 bits per heavy atom. The molecule has 38 heavy (non-hydrogen) atoms. The van der Waals surface area contributed by atoms with Gasteiger partial charge in [-0.25, -0.2) is 4.98 Å². The highest BCUT2D eigenvalue weighted by Gasteiger charge is 2.31. The quantitative estimate of drug-likeness (QED) is 0.157. The molecule has 0 radical (unpaired) electrons. The van der Waals surface area contributed by atoms with Crippen LogP contribution < -0.4 is 10.1 Å². The van der Waals surface area contributed by atoms with Gasteiger partial charge in [0.25, 0.3) is 5.91 Å². The van der Waals surface area contributed by atoms with Gasteiger partial charge < -0.3 is 10.1 Å². The minimum absolute atomic E-state index is 0.0355. The van der Waals surface area contributed by atoms with Gasteiger partial charge in [-0.05, 0) is 62.8 Å². The van der Waals surface area contributed by atoms with Crippen molar-refractivity contribution in [2.75, 3.05) is 11.9 Å². The Hall–Kier alpha value is -2.75. The fraction of sp³-hybridized carbons (Fsp3) is 0.379. The summed E-state index contributed by atoms with van der Waals surface area (Å²) in [5.41, 5.74) is 1.81. The Morgan fingerprint density at radius 3 is 2.71 bits per heavy atom. The first kappa shape index (κ1) is 26.8. The highest BCUT2D eigenvalue weighted by Crippen LogP contribution is 2.35. The molecule has 1 N–H and O–H groups in total. The second-order valence-corrected chi connectivity index (χ2v) is 12.3. The SMILES string of the molecule is O=C(CCCCCN1C(=O)/C(=C/c2ccccc2OC2CCCCC2)SC1=S)Nc1nc2ccccc2s1. The first-order valence-corrected chi connectivity index (χ1v) is 15.3. The molecule has 2 fully saturated rings. The Morgan fingerprint density at radius 2 is 1.87 bits per heavy atom. The second kappa shape index (κ2) is 12.9. The monoisotopic (exact) mass is 565 g/mol. The van der Waals surface area contributed by atoms with Crippen LogP contribution in [0, 0.1) is 0 Å². The van der Waals surface area contributed by atoms with Gasteiger partial charge in [0.1, 0.15) is 10.1 Å². The number of anilines is 1. The normalized spacial score (nSPS) is 17.5. The summed E-state index contributed by atoms with van der Waals surface area (Å²) in [6, 6.07) is 15.7. The van der Waals surface area contributed by atoms with E-state index in [0.29, 0.717) is 27.3 Å². The predicted molar refractivity (Wildman–Crippen MR) is 161 cm³/mol. The van der Waals surface area contributed by atoms with Crippen LogP contribution in [0.15, 0.2) is 53.4 Å². The van der Waals surface area contributed by atoms with E-state index in [2.05, 4.69) is 10.3 Å². The lowest BCUT2D eigenvalue weighted by Crippen LogP contribution is -2.29. The highest BCUT2D eigenvalue weighted by atomic mass is 32.2. The Bertz CT molecular complexity index is 1310. The van der Waals surface area contributed by atoms with Crippen molar-refractivity contribution in [2.24, 2.45) is 0 Å². The van der Waals surface area contributed by atoms with E-state index >= 15 is 0 Å². The molecule has 1 aliphatic heterocycles. The fourth-order valence-electron chi connectivity index (χ4n) is 4.74. The standard InChI is InChI=1S/C29H31N3O3S3/c33-26(31-28-30-22-14-7-9-16-24(22)37-28)17-5-2-10-18-32-27(34)25(38-29(32)36)19-20-11-6-8-15-23(20)35-21-12-3-1-4-13-21/h6-9,11,14-16,19,21H,1-5,10,12-13,17-18H2,(H,30,31,33)/b25-19-. The van der Waals surface area contributed by atoms with E-state index in [1.807, 2.05) is 54.6 Å². The highest BCUT2D eigenvalue weighted by molar-refractivity contribution is 8.26. The predicted octanol–water partition coefficient (Wildman–Crippen LogP) is 7.41. The number of amides is 2. The summed E-state index contributed by atoms with van der Waals surface area (Å²) < 4.78 is 7.94. The maximum absolute atomic E-state index is 13.1. The van der Waals surface area contributed by atoms with Crippen molar-refractivity contribution in [3.05, 3.63) is 59.0 Å². The van der Waals surface area contributed by atoms with Crippen molar-refractivity contribution in [3.63, 3.8) is 0 Å². The van der Waals surface area contributed by atoms with E-state index in [9.17, 15) is 9.59 Å². The maximum atomic E-state index is 13.1. The number of hydrogen-bond acceptors (Lipinski definition) is 7. The molecule has 1 saturated carbocycles. The van der Waals surface area contributed by atoms with Gasteiger partial charge in [-0.3, -0.25) is 14.5 Å². The van der Waals surface area contributed by atoms with Crippen LogP contribution in [0.3, 0.4) is 0 Å². The molecule has 1 saturated heterocycles. The third-order valence-corrected chi connectivity index (χ3v) is 9.08. The van der Waals surface area contributed by atoms with Crippen LogP contribution in [0.5, 0.6) is 5.75 Å². The number of rotatable bonds is 10. The number of hydrogen-bond donors (Lipinski definition) is 1. The second-order valence-electron chi connectivity index (χ2n) is 9.59. The van der Waals surface area contributed by atoms with Crippen LogP contribution in [-0.2, 0) is 9.59 Å². The van der Waals surface area contributed by atoms with Crippen LogP contribution >= 0.6 is 35.3 Å². The maximum Gasteiger partial charge on any atom is 0.266 e. The van der Waals surface area contributed by atoms with Gasteiger partial charge in [0.2, 0.25) is 5.91 Å². The van der Waals surface area contributed by atoms with E-state index < -0.39 is 0 Å². The molecule has 0 spiro atoms. The summed E-state index contributed by atoms with van der Waals surface area (Å²) >= 11 is 8.35. The number of nitrogens with zero attached hydrogens (tertiary/aromatic N) is 2. The fourth-order valence-corrected chi connectivity index (χ4v) is 6.92. The molecule has 0 atom stereocenters. The van der Waals surface area contributed by atoms with Crippen molar-refractivity contribution in [1.29, 1.82) is 0 Å². The molecule has 2 amide bonds. The topological polar surface area (TPSA) is 71.5 Å². The van der Waals surface area contributed by atoms with Crippen molar-refractivity contribution in [3.8, 4) is 5.75 Å². The third kappa shape index (κ3) is 6.81. The average Bonchev–Trinajstić information content (AvgIpc) is 3.45. The first-order valence-electron chi connectivity index (χ1n) is 13.2. The average molecular weight is 566 g/mol. The van der Waals surface area contributed by atoms with Crippen molar-refractivity contribution in [2.45, 2.75) is 63.9 Å². The van der Waals surface area contributed by atoms with Gasteiger partial charge in [0.15, 0.2) is 5.13 Å². The molecule has 2 heterocycles. The van der Waals surface area contributed by atoms with E-state index in [0.717, 1.165) is 53.6 Å². The minimum atomic E-state index is -0.0546. The molecule has 2 aliphatic rings. The summed E-state index contributed by atoms with van der Waals surface area (Å²) in [6.07, 6.45) is 10.8. The summed E-state index contributed by atoms with van der Waals surface area (Å²) in [4.78, 5) is 32.2. The Balaban J connectivity index is 1.08. The van der Waals surface area contributed by atoms with E-state index in [4.69, 9.17) is 17.0 Å². The summed E-state index contributed by atoms with van der Waals surface area (Å²) in [7, 11) is 0. The lowest BCUT2D eigenvalue weighted by atomic mass is 9.97. The molecule has 198 valence electrons. The Kier molecular flexibility index (Phi) is 9.09. The minimum Gasteiger partial charge on any atom is -0.490 e. The number of benzene rings is 2. The number of nitrogens with one attached hydrogen (secondary N) is 1. The summed E-state index contributed by atoms with van der Waals surface area (Å²) in [5, 5.41) is 3.53. The zero-order chi connectivity index (χ0) is 26.3. The number of carbonyl (C=O) groups is 2. The van der Waals surface area contributed by atoms with Crippen LogP contribution in [0.1, 0.15) is 63.4 Å². The molecular formula is C29H31N3O3S3. The smallest absolute Gasteiger partial charge is 0.266 e. The number of unbranched alkanes of at least 4 members (excludes halogenated alkanes) is 2. The molecule has 1 aromatic heterocycles. The van der Waals surface area contributed by atoms with Crippen LogP contribution in [-0.4, -0.2) is 38.7 Å². The molecule has 1 aliphatic carbocycles. The van der Waals surface area contributed by atoms with Crippen LogP contribution in [0.2, 0.25) is 0 Å². The van der Waals surface area contributed by atoms with Crippen LogP contribution in [0.25, 0.3) is 16.3 Å². The van der Waals surface area contributed by atoms with Crippen molar-refractivity contribution < 1.29 is 14.3 Å². The molecule has 6 nitrogen and oxygen atoms in total. The number of aromatic nitrogens is 1. The Labute approximate surface area is 236 Å². The van der Waals surface area contributed by atoms with Crippen molar-refractivity contribution in [1.82, 2.24) is 9.88 Å². The lowest BCUT2D eigenvalue weighted by Gasteiger charge is -2.23. The number of carbonyl (C=O) groups excluding carboxylic acids is 2. The summed E-state index contributed by atoms with van der Waals surface area (Å²) in [6.45, 7) is 0.557. The van der Waals surface area contributed by atoms with E-state index in [-0.39, 0.29) is 17.9 Å². The van der Waals surface area contributed by atoms with Crippen molar-refractivity contribution >= 4 is 72.9 Å². The molecule has 2 aromatic carbocycles.